The van der Waals surface area contributed by atoms with Crippen molar-refractivity contribution in [1.82, 2.24) is 15.1 Å². The highest BCUT2D eigenvalue weighted by Gasteiger charge is 2.41. The van der Waals surface area contributed by atoms with Crippen LogP contribution in [0.4, 0.5) is 0 Å². The minimum absolute atomic E-state index is 0.118. The van der Waals surface area contributed by atoms with Crippen LogP contribution in [0.5, 0.6) is 0 Å². The van der Waals surface area contributed by atoms with Gasteiger partial charge in [0.1, 0.15) is 33.5 Å². The molecule has 14 nitrogen and oxygen atoms in total. The fourth-order valence-corrected chi connectivity index (χ4v) is 4.98. The van der Waals surface area contributed by atoms with Gasteiger partial charge in [-0.3, -0.25) is 33.8 Å². The van der Waals surface area contributed by atoms with Crippen molar-refractivity contribution in [2.75, 3.05) is 52.4 Å². The maximum absolute atomic E-state index is 14.2. The van der Waals surface area contributed by atoms with Crippen molar-refractivity contribution in [1.29, 1.82) is 0 Å². The third kappa shape index (κ3) is 25.2. The van der Waals surface area contributed by atoms with Gasteiger partial charge in [0, 0.05) is 19.6 Å². The molecule has 14 heteroatoms. The zero-order chi connectivity index (χ0) is 40.8. The van der Waals surface area contributed by atoms with Gasteiger partial charge in [-0.25, -0.2) is 0 Å². The first kappa shape index (κ1) is 49.2. The van der Waals surface area contributed by atoms with E-state index in [2.05, 4.69) is 5.32 Å². The van der Waals surface area contributed by atoms with Gasteiger partial charge in [0.2, 0.25) is 0 Å². The topological polar surface area (TPSA) is 176 Å². The van der Waals surface area contributed by atoms with Gasteiger partial charge in [0.25, 0.3) is 0 Å². The number of hydrogen-bond acceptors (Lipinski definition) is 14. The van der Waals surface area contributed by atoms with Crippen molar-refractivity contribution in [2.45, 2.75) is 163 Å². The molecule has 0 aromatic rings. The second-order valence-corrected chi connectivity index (χ2v) is 18.3. The molecular weight excluding hydrogens is 672 g/mol. The molecule has 0 fully saturated rings. The zero-order valence-electron chi connectivity index (χ0n) is 35.0. The lowest BCUT2D eigenvalue weighted by atomic mass is 9.87. The summed E-state index contributed by atoms with van der Waals surface area (Å²) in [6, 6.07) is 0. The van der Waals surface area contributed by atoms with Crippen molar-refractivity contribution in [3.63, 3.8) is 0 Å². The molecule has 0 aliphatic heterocycles. The molecule has 0 saturated heterocycles. The first-order chi connectivity index (χ1) is 23.3. The molecule has 0 aromatic carbocycles. The third-order valence-corrected chi connectivity index (χ3v) is 6.68. The number of nitrogens with zero attached hydrogens (tertiary/aromatic N) is 2. The van der Waals surface area contributed by atoms with Crippen molar-refractivity contribution in [2.24, 2.45) is 5.73 Å². The maximum atomic E-state index is 14.2. The standard InChI is InChI=1S/C38H72N4O10/c1-33(2,3)48-28(43)24-41(25-29(44)49-34(4,5)6)22-19-38(18-16-17-20-39,32(47)52-37(13,14)15)40-21-23-42(26-30(45)50-35(7,8)9)27-31(46)51-36(10,11)12/h40H,16-27,39H2,1-15H3/t38-/m1/s1. The van der Waals surface area contributed by atoms with Gasteiger partial charge in [-0.15, -0.1) is 0 Å². The number of hydrogen-bond donors (Lipinski definition) is 2. The van der Waals surface area contributed by atoms with Gasteiger partial charge in [-0.2, -0.15) is 0 Å². The Bertz CT molecular complexity index is 1100. The van der Waals surface area contributed by atoms with Crippen LogP contribution < -0.4 is 11.1 Å². The predicted molar refractivity (Wildman–Crippen MR) is 200 cm³/mol. The maximum Gasteiger partial charge on any atom is 0.326 e. The van der Waals surface area contributed by atoms with Crippen LogP contribution in [0.15, 0.2) is 0 Å². The van der Waals surface area contributed by atoms with E-state index in [0.717, 1.165) is 0 Å². The Morgan fingerprint density at radius 3 is 1.12 bits per heavy atom. The molecule has 304 valence electrons. The number of ether oxygens (including phenoxy) is 5. The Labute approximate surface area is 313 Å². The summed E-state index contributed by atoms with van der Waals surface area (Å²) < 4.78 is 28.1. The molecule has 0 saturated carbocycles. The van der Waals surface area contributed by atoms with Crippen LogP contribution in [-0.4, -0.2) is 126 Å². The van der Waals surface area contributed by atoms with Gasteiger partial charge in [0.05, 0.1) is 26.2 Å². The van der Waals surface area contributed by atoms with Crippen molar-refractivity contribution in [3.05, 3.63) is 0 Å². The number of nitrogens with two attached hydrogens (primary N) is 1. The van der Waals surface area contributed by atoms with Crippen molar-refractivity contribution >= 4 is 29.8 Å². The molecule has 0 aromatic heterocycles. The zero-order valence-corrected chi connectivity index (χ0v) is 35.0. The Hall–Kier alpha value is -2.81. The van der Waals surface area contributed by atoms with Crippen LogP contribution >= 0.6 is 0 Å². The number of nitrogens with one attached hydrogen (secondary N) is 1. The molecule has 0 rings (SSSR count). The molecule has 3 N–H and O–H groups in total. The Kier molecular flexibility index (Phi) is 19.5. The summed E-state index contributed by atoms with van der Waals surface area (Å²) in [6.07, 6.45) is 1.66. The smallest absolute Gasteiger partial charge is 0.326 e. The number of carbonyl (C=O) groups excluding carboxylic acids is 5. The highest BCUT2D eigenvalue weighted by atomic mass is 16.6. The Morgan fingerprint density at radius 1 is 0.481 bits per heavy atom. The van der Waals surface area contributed by atoms with E-state index in [1.54, 1.807) is 114 Å². The van der Waals surface area contributed by atoms with Gasteiger partial charge < -0.3 is 34.7 Å². The molecule has 0 unspecified atom stereocenters. The van der Waals surface area contributed by atoms with E-state index < -0.39 is 63.4 Å². The predicted octanol–water partition coefficient (Wildman–Crippen LogP) is 4.15. The summed E-state index contributed by atoms with van der Waals surface area (Å²) in [5.74, 6) is -2.61. The Morgan fingerprint density at radius 2 is 0.808 bits per heavy atom. The fourth-order valence-electron chi connectivity index (χ4n) is 4.98. The first-order valence-corrected chi connectivity index (χ1v) is 18.3. The molecule has 0 heterocycles. The van der Waals surface area contributed by atoms with Gasteiger partial charge in [-0.1, -0.05) is 0 Å². The summed E-state index contributed by atoms with van der Waals surface area (Å²) in [7, 11) is 0. The summed E-state index contributed by atoms with van der Waals surface area (Å²) >= 11 is 0. The molecule has 1 atom stereocenters. The number of rotatable bonds is 20. The molecular formula is C38H72N4O10. The van der Waals surface area contributed by atoms with Crippen LogP contribution in [0.25, 0.3) is 0 Å². The first-order valence-electron chi connectivity index (χ1n) is 18.3. The second-order valence-electron chi connectivity index (χ2n) is 18.3. The molecule has 0 spiro atoms. The van der Waals surface area contributed by atoms with Gasteiger partial charge >= 0.3 is 29.8 Å². The van der Waals surface area contributed by atoms with Gasteiger partial charge in [-0.05, 0) is 136 Å². The normalized spacial score (nSPS) is 14.1. The van der Waals surface area contributed by atoms with E-state index in [4.69, 9.17) is 29.4 Å². The molecule has 0 amide bonds. The lowest BCUT2D eigenvalue weighted by molar-refractivity contribution is -0.166. The average Bonchev–Trinajstić information content (AvgIpc) is 2.85. The number of esters is 5. The monoisotopic (exact) mass is 745 g/mol. The highest BCUT2D eigenvalue weighted by Crippen LogP contribution is 2.25. The minimum atomic E-state index is -1.30. The fraction of sp³-hybridized carbons (Fsp3) is 0.868. The van der Waals surface area contributed by atoms with Gasteiger partial charge in [0.15, 0.2) is 0 Å². The SMILES string of the molecule is CC(C)(C)OC(=O)CN(CCN[C@](CCCCN)(CCN(CC(=O)OC(C)(C)C)CC(=O)OC(C)(C)C)C(=O)OC(C)(C)C)CC(=O)OC(C)(C)C. The van der Waals surface area contributed by atoms with Crippen molar-refractivity contribution in [3.8, 4) is 0 Å². The van der Waals surface area contributed by atoms with E-state index in [-0.39, 0.29) is 52.2 Å². The molecule has 0 radical (unpaired) electrons. The lowest BCUT2D eigenvalue weighted by Crippen LogP contribution is -2.58. The summed E-state index contributed by atoms with van der Waals surface area (Å²) in [6.45, 7) is 26.5. The van der Waals surface area contributed by atoms with Crippen LogP contribution in [0.3, 0.4) is 0 Å². The third-order valence-electron chi connectivity index (χ3n) is 6.68. The minimum Gasteiger partial charge on any atom is -0.459 e. The summed E-state index contributed by atoms with van der Waals surface area (Å²) in [5.41, 5.74) is 0.764. The van der Waals surface area contributed by atoms with E-state index in [1.165, 1.54) is 0 Å². The van der Waals surface area contributed by atoms with E-state index >= 15 is 0 Å². The summed E-state index contributed by atoms with van der Waals surface area (Å²) in [5, 5.41) is 3.41. The second kappa shape index (κ2) is 20.6. The quantitative estimate of drug-likeness (QED) is 0.103. The van der Waals surface area contributed by atoms with E-state index in [9.17, 15) is 24.0 Å². The number of unbranched alkanes of at least 4 members (excludes halogenated alkanes) is 1. The van der Waals surface area contributed by atoms with Crippen LogP contribution in [0.2, 0.25) is 0 Å². The summed E-state index contributed by atoms with van der Waals surface area (Å²) in [4.78, 5) is 69.0. The van der Waals surface area contributed by atoms with Crippen molar-refractivity contribution < 1.29 is 47.7 Å². The number of carbonyl (C=O) groups is 5. The van der Waals surface area contributed by atoms with Crippen LogP contribution in [-0.2, 0) is 47.7 Å². The highest BCUT2D eigenvalue weighted by molar-refractivity contribution is 5.81. The van der Waals surface area contributed by atoms with E-state index in [0.29, 0.717) is 25.8 Å². The molecule has 0 aliphatic rings. The molecule has 0 aliphatic carbocycles. The Balaban J connectivity index is 6.62. The largest absolute Gasteiger partial charge is 0.459 e. The van der Waals surface area contributed by atoms with Crippen LogP contribution in [0.1, 0.15) is 130 Å². The molecule has 52 heavy (non-hydrogen) atoms. The molecule has 0 bridgehead atoms. The lowest BCUT2D eigenvalue weighted by Gasteiger charge is -2.37. The van der Waals surface area contributed by atoms with E-state index in [1.807, 2.05) is 0 Å². The van der Waals surface area contributed by atoms with Crippen LogP contribution in [0, 0.1) is 0 Å². The average molecular weight is 745 g/mol.